The Balaban J connectivity index is 2.47. The van der Waals surface area contributed by atoms with E-state index in [1.807, 2.05) is 18.2 Å². The molecule has 0 spiro atoms. The minimum absolute atomic E-state index is 0.520. The molecule has 1 N–H and O–H groups in total. The number of aliphatic hydroxyl groups excluding tert-OH is 1. The first-order chi connectivity index (χ1) is 8.09. The lowest BCUT2D eigenvalue weighted by Crippen LogP contribution is -2.02. The Labute approximate surface area is 121 Å². The first kappa shape index (κ1) is 13.0. The molecule has 0 aliphatic heterocycles. The van der Waals surface area contributed by atoms with E-state index in [-0.39, 0.29) is 0 Å². The van der Waals surface area contributed by atoms with Crippen LogP contribution in [0.1, 0.15) is 17.2 Å². The number of aliphatic hydroxyl groups is 1. The van der Waals surface area contributed by atoms with Crippen molar-refractivity contribution in [2.75, 3.05) is 0 Å². The summed E-state index contributed by atoms with van der Waals surface area (Å²) >= 11 is 12.8. The Morgan fingerprint density at radius 3 is 2.65 bits per heavy atom. The van der Waals surface area contributed by atoms with E-state index in [4.69, 9.17) is 11.6 Å². The van der Waals surface area contributed by atoms with E-state index in [2.05, 4.69) is 36.8 Å². The second-order valence-electron chi connectivity index (χ2n) is 3.47. The van der Waals surface area contributed by atoms with Gasteiger partial charge in [0.2, 0.25) is 0 Å². The highest BCUT2D eigenvalue weighted by Crippen LogP contribution is 2.34. The van der Waals surface area contributed by atoms with Gasteiger partial charge in [0.15, 0.2) is 0 Å². The Morgan fingerprint density at radius 1 is 1.24 bits per heavy atom. The van der Waals surface area contributed by atoms with Crippen LogP contribution in [0.25, 0.3) is 0 Å². The number of hydrogen-bond donors (Lipinski definition) is 1. The molecule has 1 aromatic carbocycles. The van der Waals surface area contributed by atoms with Crippen LogP contribution in [0.15, 0.2) is 45.6 Å². The zero-order valence-corrected chi connectivity index (χ0v) is 12.5. The van der Waals surface area contributed by atoms with Crippen LogP contribution in [0.3, 0.4) is 0 Å². The molecule has 2 aromatic rings. The average Bonchev–Trinajstić information content (AvgIpc) is 2.28. The molecule has 0 fully saturated rings. The van der Waals surface area contributed by atoms with Crippen LogP contribution < -0.4 is 0 Å². The third-order valence-electron chi connectivity index (χ3n) is 2.31. The zero-order valence-electron chi connectivity index (χ0n) is 8.57. The lowest BCUT2D eigenvalue weighted by Gasteiger charge is -2.14. The summed E-state index contributed by atoms with van der Waals surface area (Å²) in [6, 6.07) is 7.22. The number of rotatable bonds is 2. The molecular weight excluding hydrogens is 369 g/mol. The van der Waals surface area contributed by atoms with Crippen molar-refractivity contribution in [2.24, 2.45) is 0 Å². The molecule has 0 aliphatic rings. The van der Waals surface area contributed by atoms with Crippen LogP contribution in [-0.4, -0.2) is 10.1 Å². The van der Waals surface area contributed by atoms with Gasteiger partial charge in [0.05, 0.1) is 0 Å². The fraction of sp³-hybridized carbons (Fsp3) is 0.0833. The minimum Gasteiger partial charge on any atom is -0.384 e. The number of hydrogen-bond acceptors (Lipinski definition) is 2. The van der Waals surface area contributed by atoms with Crippen molar-refractivity contribution in [3.63, 3.8) is 0 Å². The van der Waals surface area contributed by atoms with Crippen molar-refractivity contribution in [3.05, 3.63) is 61.8 Å². The molecule has 0 aliphatic carbocycles. The van der Waals surface area contributed by atoms with E-state index in [1.54, 1.807) is 18.5 Å². The molecule has 1 unspecified atom stereocenters. The molecule has 17 heavy (non-hydrogen) atoms. The fourth-order valence-corrected chi connectivity index (χ4v) is 2.87. The van der Waals surface area contributed by atoms with Crippen molar-refractivity contribution in [1.82, 2.24) is 4.98 Å². The minimum atomic E-state index is -0.803. The summed E-state index contributed by atoms with van der Waals surface area (Å²) in [7, 11) is 0. The van der Waals surface area contributed by atoms with Gasteiger partial charge in [-0.25, -0.2) is 0 Å². The molecule has 1 heterocycles. The third kappa shape index (κ3) is 2.88. The van der Waals surface area contributed by atoms with E-state index in [9.17, 15) is 5.11 Å². The summed E-state index contributed by atoms with van der Waals surface area (Å²) in [6.07, 6.45) is 2.48. The molecule has 0 bridgehead atoms. The molecular formula is C12H8Br2ClNO. The molecule has 0 saturated heterocycles. The Kier molecular flexibility index (Phi) is 4.20. The first-order valence-corrected chi connectivity index (χ1v) is 6.78. The normalized spacial score (nSPS) is 12.5. The maximum Gasteiger partial charge on any atom is 0.108 e. The largest absolute Gasteiger partial charge is 0.384 e. The predicted octanol–water partition coefficient (Wildman–Crippen LogP) is 4.34. The molecule has 2 rings (SSSR count). The van der Waals surface area contributed by atoms with Gasteiger partial charge in [0.25, 0.3) is 0 Å². The quantitative estimate of drug-likeness (QED) is 0.844. The van der Waals surface area contributed by atoms with Crippen LogP contribution in [0.4, 0.5) is 0 Å². The summed E-state index contributed by atoms with van der Waals surface area (Å²) < 4.78 is 1.59. The van der Waals surface area contributed by atoms with E-state index in [1.165, 1.54) is 0 Å². The topological polar surface area (TPSA) is 33.1 Å². The summed E-state index contributed by atoms with van der Waals surface area (Å²) in [5.74, 6) is 0. The molecule has 88 valence electrons. The molecule has 1 aromatic heterocycles. The van der Waals surface area contributed by atoms with E-state index < -0.39 is 6.10 Å². The summed E-state index contributed by atoms with van der Waals surface area (Å²) in [6.45, 7) is 0. The highest BCUT2D eigenvalue weighted by molar-refractivity contribution is 9.10. The molecule has 5 heteroatoms. The summed E-state index contributed by atoms with van der Waals surface area (Å²) in [5.41, 5.74) is 1.34. The highest BCUT2D eigenvalue weighted by Gasteiger charge is 2.17. The fourth-order valence-electron chi connectivity index (χ4n) is 1.52. The Hall–Kier alpha value is -0.420. The van der Waals surface area contributed by atoms with E-state index >= 15 is 0 Å². The average molecular weight is 377 g/mol. The van der Waals surface area contributed by atoms with Gasteiger partial charge in [-0.2, -0.15) is 0 Å². The van der Waals surface area contributed by atoms with Crippen LogP contribution in [0.2, 0.25) is 5.02 Å². The van der Waals surface area contributed by atoms with Crippen LogP contribution >= 0.6 is 43.5 Å². The highest BCUT2D eigenvalue weighted by atomic mass is 79.9. The predicted molar refractivity (Wildman–Crippen MR) is 75.2 cm³/mol. The van der Waals surface area contributed by atoms with Gasteiger partial charge in [-0.1, -0.05) is 33.6 Å². The van der Waals surface area contributed by atoms with Gasteiger partial charge >= 0.3 is 0 Å². The monoisotopic (exact) mass is 375 g/mol. The molecule has 2 nitrogen and oxygen atoms in total. The second kappa shape index (κ2) is 5.48. The number of benzene rings is 1. The SMILES string of the molecule is OC(c1cncc(Br)c1)c1c(Cl)cccc1Br. The van der Waals surface area contributed by atoms with Gasteiger partial charge in [-0.3, -0.25) is 4.98 Å². The van der Waals surface area contributed by atoms with Crippen molar-refractivity contribution in [1.29, 1.82) is 0 Å². The lowest BCUT2D eigenvalue weighted by molar-refractivity contribution is 0.219. The number of aromatic nitrogens is 1. The first-order valence-electron chi connectivity index (χ1n) is 4.82. The van der Waals surface area contributed by atoms with E-state index in [0.29, 0.717) is 16.1 Å². The standard InChI is InChI=1S/C12H8Br2ClNO/c13-8-4-7(5-16-6-8)12(17)11-9(14)2-1-3-10(11)15/h1-6,12,17H. The van der Waals surface area contributed by atoms with Gasteiger partial charge in [0, 0.05) is 37.5 Å². The second-order valence-corrected chi connectivity index (χ2v) is 5.65. The molecule has 1 atom stereocenters. The van der Waals surface area contributed by atoms with Crippen LogP contribution in [0, 0.1) is 0 Å². The van der Waals surface area contributed by atoms with Crippen LogP contribution in [-0.2, 0) is 0 Å². The summed E-state index contributed by atoms with van der Waals surface area (Å²) in [4.78, 5) is 4.02. The van der Waals surface area contributed by atoms with Crippen LogP contribution in [0.5, 0.6) is 0 Å². The molecule has 0 amide bonds. The lowest BCUT2D eigenvalue weighted by atomic mass is 10.0. The van der Waals surface area contributed by atoms with Gasteiger partial charge in [-0.05, 0) is 34.1 Å². The smallest absolute Gasteiger partial charge is 0.108 e. The number of pyridine rings is 1. The van der Waals surface area contributed by atoms with Crippen molar-refractivity contribution >= 4 is 43.5 Å². The van der Waals surface area contributed by atoms with Gasteiger partial charge in [-0.15, -0.1) is 0 Å². The maximum atomic E-state index is 10.3. The van der Waals surface area contributed by atoms with Gasteiger partial charge < -0.3 is 5.11 Å². The molecule has 0 radical (unpaired) electrons. The third-order valence-corrected chi connectivity index (χ3v) is 3.77. The van der Waals surface area contributed by atoms with Crippen molar-refractivity contribution < 1.29 is 5.11 Å². The Morgan fingerprint density at radius 2 is 2.00 bits per heavy atom. The molecule has 0 saturated carbocycles. The Bertz CT molecular complexity index is 528. The number of nitrogens with zero attached hydrogens (tertiary/aromatic N) is 1. The zero-order chi connectivity index (χ0) is 12.4. The van der Waals surface area contributed by atoms with Crippen molar-refractivity contribution in [3.8, 4) is 0 Å². The van der Waals surface area contributed by atoms with E-state index in [0.717, 1.165) is 8.95 Å². The van der Waals surface area contributed by atoms with Gasteiger partial charge in [0.1, 0.15) is 6.10 Å². The van der Waals surface area contributed by atoms with Crippen molar-refractivity contribution in [2.45, 2.75) is 6.10 Å². The maximum absolute atomic E-state index is 10.3. The summed E-state index contributed by atoms with van der Waals surface area (Å²) in [5, 5.41) is 10.8. The number of halogens is 3.